The molecule has 0 N–H and O–H groups in total. The van der Waals surface area contributed by atoms with Gasteiger partial charge in [0.05, 0.1) is 6.04 Å². The van der Waals surface area contributed by atoms with Gasteiger partial charge < -0.3 is 4.42 Å². The predicted molar refractivity (Wildman–Crippen MR) is 120 cm³/mol. The summed E-state index contributed by atoms with van der Waals surface area (Å²) >= 11 is 0. The van der Waals surface area contributed by atoms with Crippen molar-refractivity contribution in [2.24, 2.45) is 11.3 Å². The lowest BCUT2D eigenvalue weighted by Crippen LogP contribution is -2.34. The zero-order valence-electron chi connectivity index (χ0n) is 18.2. The molecule has 0 amide bonds. The van der Waals surface area contributed by atoms with Crippen molar-refractivity contribution in [3.63, 3.8) is 0 Å². The largest absolute Gasteiger partial charge is 0.437 e. The first-order chi connectivity index (χ1) is 14.0. The van der Waals surface area contributed by atoms with Crippen molar-refractivity contribution >= 4 is 22.1 Å². The Morgan fingerprint density at radius 2 is 1.90 bits per heavy atom. The summed E-state index contributed by atoms with van der Waals surface area (Å²) in [5, 5.41) is 2.29. The number of rotatable bonds is 3. The minimum absolute atomic E-state index is 0.253. The number of furan rings is 1. The molecule has 152 valence electrons. The predicted octanol–water partition coefficient (Wildman–Crippen LogP) is 6.81. The molecule has 3 nitrogen and oxygen atoms in total. The Morgan fingerprint density at radius 3 is 2.69 bits per heavy atom. The fourth-order valence-electron chi connectivity index (χ4n) is 5.75. The normalized spacial score (nSPS) is 21.9. The van der Waals surface area contributed by atoms with Crippen LogP contribution in [0.2, 0.25) is 0 Å². The molecule has 1 aliphatic carbocycles. The Labute approximate surface area is 173 Å². The van der Waals surface area contributed by atoms with Crippen molar-refractivity contribution in [2.75, 3.05) is 13.6 Å². The summed E-state index contributed by atoms with van der Waals surface area (Å²) in [7, 11) is 2.25. The van der Waals surface area contributed by atoms with E-state index in [-0.39, 0.29) is 11.5 Å². The molecule has 0 bridgehead atoms. The molecule has 3 heterocycles. The highest BCUT2D eigenvalue weighted by Crippen LogP contribution is 2.48. The van der Waals surface area contributed by atoms with Crippen LogP contribution in [0.3, 0.4) is 0 Å². The van der Waals surface area contributed by atoms with Crippen molar-refractivity contribution in [3.05, 3.63) is 53.2 Å². The van der Waals surface area contributed by atoms with Gasteiger partial charge >= 0.3 is 0 Å². The zero-order chi connectivity index (χ0) is 20.2. The average Bonchev–Trinajstić information content (AvgIpc) is 3.37. The van der Waals surface area contributed by atoms with Crippen LogP contribution < -0.4 is 0 Å². The second kappa shape index (κ2) is 6.98. The summed E-state index contributed by atoms with van der Waals surface area (Å²) in [5.41, 5.74) is 6.27. The maximum atomic E-state index is 6.32. The molecule has 1 aromatic carbocycles. The van der Waals surface area contributed by atoms with E-state index in [4.69, 9.17) is 4.42 Å². The van der Waals surface area contributed by atoms with Crippen LogP contribution in [0.1, 0.15) is 63.1 Å². The smallest absolute Gasteiger partial charge is 0.227 e. The van der Waals surface area contributed by atoms with E-state index < -0.39 is 0 Å². The number of aromatic nitrogens is 1. The summed E-state index contributed by atoms with van der Waals surface area (Å²) in [6, 6.07) is 8.80. The maximum Gasteiger partial charge on any atom is 0.227 e. The maximum absolute atomic E-state index is 6.32. The highest BCUT2D eigenvalue weighted by atomic mass is 16.3. The highest BCUT2D eigenvalue weighted by molar-refractivity contribution is 6.05. The fraction of sp³-hybridized carbons (Fsp3) is 0.500. The Hall–Kier alpha value is -2.13. The zero-order valence-corrected chi connectivity index (χ0v) is 18.2. The molecular weight excluding hydrogens is 356 g/mol. The van der Waals surface area contributed by atoms with Crippen LogP contribution in [-0.2, 0) is 0 Å². The summed E-state index contributed by atoms with van der Waals surface area (Å²) in [6.45, 7) is 8.28. The monoisotopic (exact) mass is 388 g/mol. The number of benzene rings is 1. The minimum atomic E-state index is 0.253. The van der Waals surface area contributed by atoms with E-state index >= 15 is 0 Å². The van der Waals surface area contributed by atoms with Crippen molar-refractivity contribution in [2.45, 2.75) is 58.9 Å². The van der Waals surface area contributed by atoms with E-state index in [2.05, 4.69) is 62.0 Å². The first-order valence-corrected chi connectivity index (χ1v) is 11.1. The van der Waals surface area contributed by atoms with Gasteiger partial charge in [-0.1, -0.05) is 50.5 Å². The van der Waals surface area contributed by atoms with E-state index in [0.717, 1.165) is 29.1 Å². The van der Waals surface area contributed by atoms with Crippen LogP contribution in [0.15, 0.2) is 46.5 Å². The highest BCUT2D eigenvalue weighted by Gasteiger charge is 2.37. The van der Waals surface area contributed by atoms with Gasteiger partial charge in [-0.25, -0.2) is 4.98 Å². The third kappa shape index (κ3) is 3.02. The van der Waals surface area contributed by atoms with Crippen LogP contribution in [-0.4, -0.2) is 23.5 Å². The van der Waals surface area contributed by atoms with Gasteiger partial charge in [0, 0.05) is 29.1 Å². The third-order valence-corrected chi connectivity index (χ3v) is 7.74. The number of hydrogen-bond donors (Lipinski definition) is 0. The average molecular weight is 389 g/mol. The van der Waals surface area contributed by atoms with Gasteiger partial charge in [-0.05, 0) is 62.3 Å². The van der Waals surface area contributed by atoms with E-state index in [1.807, 2.05) is 12.3 Å². The van der Waals surface area contributed by atoms with Crippen LogP contribution in [0, 0.1) is 18.3 Å². The standard InChI is InChI=1S/C26H32N2O/c1-17-11-12-20-21-10-7-14-27-25(21)29-24(20)23(17)22-16-19(13-15-28(22)4)26(2,3)18-8-5-6-9-18/h7,10-12,14,16,18,22H,5-6,8-9,13,15H2,1-4H3. The van der Waals surface area contributed by atoms with Crippen molar-refractivity contribution < 1.29 is 4.42 Å². The lowest BCUT2D eigenvalue weighted by atomic mass is 9.69. The number of likely N-dealkylation sites (N-methyl/N-ethyl adjacent to an activating group) is 1. The lowest BCUT2D eigenvalue weighted by molar-refractivity contribution is 0.216. The molecule has 29 heavy (non-hydrogen) atoms. The summed E-state index contributed by atoms with van der Waals surface area (Å²) in [6.07, 6.45) is 11.1. The Bertz CT molecular complexity index is 1080. The number of aryl methyl sites for hydroxylation is 1. The fourth-order valence-corrected chi connectivity index (χ4v) is 5.75. The van der Waals surface area contributed by atoms with Crippen molar-refractivity contribution in [3.8, 4) is 0 Å². The second-order valence-corrected chi connectivity index (χ2v) is 9.70. The Morgan fingerprint density at radius 1 is 1.10 bits per heavy atom. The van der Waals surface area contributed by atoms with E-state index in [9.17, 15) is 0 Å². The topological polar surface area (TPSA) is 29.3 Å². The Balaban J connectivity index is 1.65. The minimum Gasteiger partial charge on any atom is -0.437 e. The van der Waals surface area contributed by atoms with Gasteiger partial charge in [0.1, 0.15) is 5.58 Å². The second-order valence-electron chi connectivity index (χ2n) is 9.70. The van der Waals surface area contributed by atoms with Crippen LogP contribution in [0.25, 0.3) is 22.1 Å². The van der Waals surface area contributed by atoms with Gasteiger partial charge in [-0.2, -0.15) is 0 Å². The van der Waals surface area contributed by atoms with E-state index in [1.165, 1.54) is 48.6 Å². The van der Waals surface area contributed by atoms with Crippen molar-refractivity contribution in [1.82, 2.24) is 9.88 Å². The number of hydrogen-bond acceptors (Lipinski definition) is 3. The molecule has 0 spiro atoms. The number of nitrogens with zero attached hydrogens (tertiary/aromatic N) is 2. The quantitative estimate of drug-likeness (QED) is 0.462. The molecule has 5 rings (SSSR count). The summed E-state index contributed by atoms with van der Waals surface area (Å²) in [4.78, 5) is 6.95. The molecule has 1 aliphatic heterocycles. The van der Waals surface area contributed by atoms with Crippen LogP contribution in [0.5, 0.6) is 0 Å². The molecule has 0 radical (unpaired) electrons. The molecule has 0 saturated heterocycles. The SMILES string of the molecule is Cc1ccc2c(oc3ncccc32)c1C1C=C(C(C)(C)C2CCCC2)CCN1C. The number of pyridine rings is 1. The molecule has 3 aromatic rings. The molecule has 1 saturated carbocycles. The lowest BCUT2D eigenvalue weighted by Gasteiger charge is -2.41. The molecule has 1 unspecified atom stereocenters. The van der Waals surface area contributed by atoms with E-state index in [1.54, 1.807) is 5.57 Å². The summed E-state index contributed by atoms with van der Waals surface area (Å²) in [5.74, 6) is 0.824. The first kappa shape index (κ1) is 18.9. The first-order valence-electron chi connectivity index (χ1n) is 11.1. The molecular formula is C26H32N2O. The summed E-state index contributed by atoms with van der Waals surface area (Å²) < 4.78 is 6.32. The third-order valence-electron chi connectivity index (χ3n) is 7.74. The van der Waals surface area contributed by atoms with Crippen molar-refractivity contribution in [1.29, 1.82) is 0 Å². The van der Waals surface area contributed by atoms with Gasteiger partial charge in [0.2, 0.25) is 5.71 Å². The van der Waals surface area contributed by atoms with Gasteiger partial charge in [0.15, 0.2) is 0 Å². The number of fused-ring (bicyclic) bond motifs is 3. The van der Waals surface area contributed by atoms with Gasteiger partial charge in [-0.3, -0.25) is 4.90 Å². The van der Waals surface area contributed by atoms with Gasteiger partial charge in [-0.15, -0.1) is 0 Å². The molecule has 1 fully saturated rings. The van der Waals surface area contributed by atoms with Crippen LogP contribution >= 0.6 is 0 Å². The van der Waals surface area contributed by atoms with Crippen LogP contribution in [0.4, 0.5) is 0 Å². The van der Waals surface area contributed by atoms with Gasteiger partial charge in [0.25, 0.3) is 0 Å². The molecule has 3 heteroatoms. The molecule has 2 aliphatic rings. The molecule has 1 atom stereocenters. The Kier molecular flexibility index (Phi) is 4.54. The van der Waals surface area contributed by atoms with E-state index in [0.29, 0.717) is 0 Å². The molecule has 2 aromatic heterocycles.